The van der Waals surface area contributed by atoms with Gasteiger partial charge in [0.15, 0.2) is 0 Å². The fourth-order valence-electron chi connectivity index (χ4n) is 1.09. The van der Waals surface area contributed by atoms with Crippen LogP contribution in [0.3, 0.4) is 0 Å². The second-order valence-corrected chi connectivity index (χ2v) is 8.20. The second kappa shape index (κ2) is 4.48. The van der Waals surface area contributed by atoms with Gasteiger partial charge in [0.1, 0.15) is 4.21 Å². The van der Waals surface area contributed by atoms with Gasteiger partial charge in [-0.25, -0.2) is 8.42 Å². The first-order valence-corrected chi connectivity index (χ1v) is 8.33. The highest BCUT2D eigenvalue weighted by molar-refractivity contribution is 9.11. The molecule has 0 atom stereocenters. The smallest absolute Gasteiger partial charge is 0.271 e. The summed E-state index contributed by atoms with van der Waals surface area (Å²) < 4.78 is 27.6. The maximum Gasteiger partial charge on any atom is 0.271 e. The van der Waals surface area contributed by atoms with Gasteiger partial charge in [0.2, 0.25) is 0 Å². The van der Waals surface area contributed by atoms with Crippen molar-refractivity contribution in [1.82, 2.24) is 0 Å². The van der Waals surface area contributed by atoms with Gasteiger partial charge in [-0.2, -0.15) is 11.3 Å². The first-order chi connectivity index (χ1) is 7.49. The molecule has 2 rings (SSSR count). The van der Waals surface area contributed by atoms with E-state index in [4.69, 9.17) is 0 Å². The minimum Gasteiger partial charge on any atom is -0.278 e. The number of hydrogen-bond acceptors (Lipinski definition) is 4. The Bertz CT molecular complexity index is 567. The number of aryl methyl sites for hydroxylation is 1. The normalized spacial score (nSPS) is 11.6. The Labute approximate surface area is 110 Å². The molecule has 0 saturated carbocycles. The largest absolute Gasteiger partial charge is 0.278 e. The summed E-state index contributed by atoms with van der Waals surface area (Å²) >= 11 is 5.98. The zero-order chi connectivity index (χ0) is 11.8. The average Bonchev–Trinajstić information content (AvgIpc) is 2.78. The van der Waals surface area contributed by atoms with Gasteiger partial charge < -0.3 is 0 Å². The lowest BCUT2D eigenvalue weighted by molar-refractivity contribution is 0.603. The van der Waals surface area contributed by atoms with Gasteiger partial charge in [-0.15, -0.1) is 11.3 Å². The van der Waals surface area contributed by atoms with Crippen LogP contribution in [-0.4, -0.2) is 8.42 Å². The lowest BCUT2D eigenvalue weighted by Crippen LogP contribution is -2.10. The Morgan fingerprint density at radius 1 is 1.44 bits per heavy atom. The molecule has 0 spiro atoms. The summed E-state index contributed by atoms with van der Waals surface area (Å²) in [6.45, 7) is 1.87. The van der Waals surface area contributed by atoms with Crippen molar-refractivity contribution >= 4 is 54.3 Å². The van der Waals surface area contributed by atoms with Gasteiger partial charge in [-0.3, -0.25) is 4.72 Å². The van der Waals surface area contributed by atoms with Gasteiger partial charge in [-0.1, -0.05) is 0 Å². The van der Waals surface area contributed by atoms with Gasteiger partial charge in [-0.05, 0) is 45.9 Å². The molecule has 0 bridgehead atoms. The Hall–Kier alpha value is -0.370. The molecule has 0 aliphatic rings. The summed E-state index contributed by atoms with van der Waals surface area (Å²) in [7, 11) is -3.44. The van der Waals surface area contributed by atoms with Crippen LogP contribution in [0.1, 0.15) is 5.56 Å². The van der Waals surface area contributed by atoms with Crippen molar-refractivity contribution < 1.29 is 8.42 Å². The van der Waals surface area contributed by atoms with E-state index in [2.05, 4.69) is 20.7 Å². The van der Waals surface area contributed by atoms with Crippen LogP contribution in [-0.2, 0) is 10.0 Å². The van der Waals surface area contributed by atoms with Gasteiger partial charge in [0.05, 0.1) is 9.47 Å². The van der Waals surface area contributed by atoms with Crippen LogP contribution in [0.2, 0.25) is 0 Å². The number of halogens is 1. The Kier molecular flexibility index (Phi) is 3.39. The predicted octanol–water partition coefficient (Wildman–Crippen LogP) is 3.68. The molecular weight excluding hydrogens is 330 g/mol. The van der Waals surface area contributed by atoms with Crippen LogP contribution in [0, 0.1) is 6.92 Å². The van der Waals surface area contributed by atoms with E-state index < -0.39 is 10.0 Å². The Morgan fingerprint density at radius 2 is 2.19 bits per heavy atom. The third-order valence-corrected chi connectivity index (χ3v) is 6.55. The highest BCUT2D eigenvalue weighted by Crippen LogP contribution is 2.31. The maximum absolute atomic E-state index is 11.9. The van der Waals surface area contributed by atoms with E-state index in [1.54, 1.807) is 17.5 Å². The molecule has 2 heterocycles. The van der Waals surface area contributed by atoms with Crippen LogP contribution < -0.4 is 4.72 Å². The SMILES string of the molecule is Cc1cc(S(=O)(=O)Nc2ccsc2)sc1Br. The van der Waals surface area contributed by atoms with Crippen molar-refractivity contribution in [1.29, 1.82) is 0 Å². The van der Waals surface area contributed by atoms with Crippen molar-refractivity contribution in [2.45, 2.75) is 11.1 Å². The summed E-state index contributed by atoms with van der Waals surface area (Å²) in [5.74, 6) is 0. The van der Waals surface area contributed by atoms with Crippen LogP contribution in [0.5, 0.6) is 0 Å². The molecule has 3 nitrogen and oxygen atoms in total. The first kappa shape index (κ1) is 12.1. The van der Waals surface area contributed by atoms with Gasteiger partial charge in [0, 0.05) is 5.38 Å². The Balaban J connectivity index is 2.32. The lowest BCUT2D eigenvalue weighted by atomic mass is 10.4. The van der Waals surface area contributed by atoms with Gasteiger partial charge in [0.25, 0.3) is 10.0 Å². The molecule has 1 N–H and O–H groups in total. The molecule has 0 amide bonds. The molecule has 0 saturated heterocycles. The summed E-state index contributed by atoms with van der Waals surface area (Å²) in [6.07, 6.45) is 0. The third kappa shape index (κ3) is 2.48. The summed E-state index contributed by atoms with van der Waals surface area (Å²) in [5, 5.41) is 3.58. The predicted molar refractivity (Wildman–Crippen MR) is 71.9 cm³/mol. The van der Waals surface area contributed by atoms with Crippen LogP contribution in [0.4, 0.5) is 5.69 Å². The molecule has 16 heavy (non-hydrogen) atoms. The van der Waals surface area contributed by atoms with E-state index in [9.17, 15) is 8.42 Å². The fraction of sp³-hybridized carbons (Fsp3) is 0.111. The molecule has 2 aromatic rings. The highest BCUT2D eigenvalue weighted by Gasteiger charge is 2.18. The van der Waals surface area contributed by atoms with Crippen molar-refractivity contribution in [3.05, 3.63) is 32.2 Å². The molecule has 0 aromatic carbocycles. The standard InChI is InChI=1S/C9H8BrNO2S3/c1-6-4-8(15-9(6)10)16(12,13)11-7-2-3-14-5-7/h2-5,11H,1H3. The quantitative estimate of drug-likeness (QED) is 0.928. The molecule has 0 fully saturated rings. The van der Waals surface area contributed by atoms with Crippen LogP contribution in [0.15, 0.2) is 30.9 Å². The number of rotatable bonds is 3. The van der Waals surface area contributed by atoms with E-state index in [-0.39, 0.29) is 0 Å². The molecule has 0 aliphatic heterocycles. The molecule has 7 heteroatoms. The summed E-state index contributed by atoms with van der Waals surface area (Å²) in [5.41, 5.74) is 1.53. The van der Waals surface area contributed by atoms with Crippen LogP contribution in [0.25, 0.3) is 0 Å². The van der Waals surface area contributed by atoms with E-state index in [0.29, 0.717) is 9.90 Å². The molecule has 0 aliphatic carbocycles. The van der Waals surface area contributed by atoms with Crippen molar-refractivity contribution in [3.8, 4) is 0 Å². The minimum absolute atomic E-state index is 0.322. The van der Waals surface area contributed by atoms with E-state index in [1.807, 2.05) is 12.3 Å². The molecule has 0 unspecified atom stereocenters. The maximum atomic E-state index is 11.9. The molecule has 0 radical (unpaired) electrons. The molecule has 86 valence electrons. The first-order valence-electron chi connectivity index (χ1n) is 4.30. The number of anilines is 1. The van der Waals surface area contributed by atoms with Crippen molar-refractivity contribution in [2.75, 3.05) is 4.72 Å². The van der Waals surface area contributed by atoms with E-state index in [1.165, 1.54) is 22.7 Å². The number of thiophene rings is 2. The van der Waals surface area contributed by atoms with E-state index >= 15 is 0 Å². The third-order valence-electron chi connectivity index (χ3n) is 1.87. The lowest BCUT2D eigenvalue weighted by Gasteiger charge is -2.02. The topological polar surface area (TPSA) is 46.2 Å². The fourth-order valence-corrected chi connectivity index (χ4v) is 5.03. The highest BCUT2D eigenvalue weighted by atomic mass is 79.9. The van der Waals surface area contributed by atoms with Crippen molar-refractivity contribution in [2.24, 2.45) is 0 Å². The number of hydrogen-bond donors (Lipinski definition) is 1. The summed E-state index contributed by atoms with van der Waals surface area (Å²) in [6, 6.07) is 3.39. The average molecular weight is 338 g/mol. The van der Waals surface area contributed by atoms with Gasteiger partial charge >= 0.3 is 0 Å². The Morgan fingerprint density at radius 3 is 2.69 bits per heavy atom. The summed E-state index contributed by atoms with van der Waals surface area (Å²) in [4.78, 5) is 0. The monoisotopic (exact) mass is 337 g/mol. The second-order valence-electron chi connectivity index (χ2n) is 3.14. The van der Waals surface area contributed by atoms with Crippen molar-refractivity contribution in [3.63, 3.8) is 0 Å². The molecule has 2 aromatic heterocycles. The minimum atomic E-state index is -3.44. The van der Waals surface area contributed by atoms with E-state index in [0.717, 1.165) is 9.35 Å². The number of sulfonamides is 1. The number of nitrogens with one attached hydrogen (secondary N) is 1. The molecular formula is C9H8BrNO2S3. The zero-order valence-corrected chi connectivity index (χ0v) is 12.3. The zero-order valence-electron chi connectivity index (χ0n) is 8.23. The van der Waals surface area contributed by atoms with Crippen LogP contribution >= 0.6 is 38.6 Å².